The molecule has 0 saturated carbocycles. The van der Waals surface area contributed by atoms with Gasteiger partial charge in [-0.05, 0) is 40.2 Å². The SMILES string of the molecule is COc1ccc(OCBr)cc1C(=O)CC1OC(=O)c2ccccc21. The molecule has 0 N–H and O–H groups in total. The van der Waals surface area contributed by atoms with E-state index in [0.29, 0.717) is 28.1 Å². The highest BCUT2D eigenvalue weighted by atomic mass is 79.9. The second-order valence-corrected chi connectivity index (χ2v) is 5.68. The van der Waals surface area contributed by atoms with E-state index in [2.05, 4.69) is 15.9 Å². The van der Waals surface area contributed by atoms with Gasteiger partial charge in [0.25, 0.3) is 0 Å². The van der Waals surface area contributed by atoms with E-state index in [1.165, 1.54) is 7.11 Å². The summed E-state index contributed by atoms with van der Waals surface area (Å²) in [4.78, 5) is 24.6. The summed E-state index contributed by atoms with van der Waals surface area (Å²) in [7, 11) is 1.50. The number of Topliss-reactive ketones (excluding diaryl/α,β-unsaturated/α-hetero) is 1. The fraction of sp³-hybridized carbons (Fsp3) is 0.222. The molecule has 0 amide bonds. The maximum Gasteiger partial charge on any atom is 0.339 e. The van der Waals surface area contributed by atoms with E-state index in [0.717, 1.165) is 5.56 Å². The first-order valence-corrected chi connectivity index (χ1v) is 8.46. The molecule has 0 aliphatic carbocycles. The molecule has 5 nitrogen and oxygen atoms in total. The molecule has 1 atom stereocenters. The van der Waals surface area contributed by atoms with Crippen molar-refractivity contribution in [3.8, 4) is 11.5 Å². The highest BCUT2D eigenvalue weighted by Gasteiger charge is 2.32. The Morgan fingerprint density at radius 2 is 2.04 bits per heavy atom. The summed E-state index contributed by atoms with van der Waals surface area (Å²) in [5.74, 6) is 0.437. The van der Waals surface area contributed by atoms with Crippen molar-refractivity contribution in [2.75, 3.05) is 12.6 Å². The van der Waals surface area contributed by atoms with Gasteiger partial charge >= 0.3 is 5.97 Å². The van der Waals surface area contributed by atoms with E-state index in [1.54, 1.807) is 36.4 Å². The van der Waals surface area contributed by atoms with Crippen LogP contribution in [0.5, 0.6) is 11.5 Å². The van der Waals surface area contributed by atoms with Crippen molar-refractivity contribution < 1.29 is 23.8 Å². The Morgan fingerprint density at radius 1 is 1.25 bits per heavy atom. The Labute approximate surface area is 147 Å². The van der Waals surface area contributed by atoms with Crippen LogP contribution in [0, 0.1) is 0 Å². The Bertz CT molecular complexity index is 787. The van der Waals surface area contributed by atoms with Crippen LogP contribution in [0.25, 0.3) is 0 Å². The smallest absolute Gasteiger partial charge is 0.339 e. The number of ketones is 1. The molecule has 0 saturated heterocycles. The molecule has 0 spiro atoms. The van der Waals surface area contributed by atoms with E-state index in [4.69, 9.17) is 14.2 Å². The van der Waals surface area contributed by atoms with Crippen molar-refractivity contribution in [3.05, 3.63) is 59.2 Å². The molecule has 0 aromatic heterocycles. The van der Waals surface area contributed by atoms with Gasteiger partial charge in [-0.1, -0.05) is 18.2 Å². The fourth-order valence-electron chi connectivity index (χ4n) is 2.71. The van der Waals surface area contributed by atoms with E-state index in [1.807, 2.05) is 6.07 Å². The number of halogens is 1. The van der Waals surface area contributed by atoms with Gasteiger partial charge in [0.1, 0.15) is 23.1 Å². The third kappa shape index (κ3) is 3.14. The summed E-state index contributed by atoms with van der Waals surface area (Å²) < 4.78 is 16.0. The predicted octanol–water partition coefficient (Wildman–Crippen LogP) is 3.91. The minimum absolute atomic E-state index is 0.0525. The van der Waals surface area contributed by atoms with E-state index >= 15 is 0 Å². The van der Waals surface area contributed by atoms with Gasteiger partial charge in [0, 0.05) is 5.56 Å². The molecule has 2 aromatic rings. The van der Waals surface area contributed by atoms with Gasteiger partial charge in [-0.2, -0.15) is 0 Å². The van der Waals surface area contributed by atoms with E-state index < -0.39 is 12.1 Å². The number of ether oxygens (including phenoxy) is 3. The van der Waals surface area contributed by atoms with Crippen molar-refractivity contribution in [2.45, 2.75) is 12.5 Å². The Balaban J connectivity index is 1.86. The standard InChI is InChI=1S/C18H15BrO5/c1-22-16-7-6-11(23-10-19)8-14(16)15(20)9-17-12-4-2-3-5-13(12)18(21)24-17/h2-8,17H,9-10H2,1H3. The van der Waals surface area contributed by atoms with Crippen LogP contribution >= 0.6 is 15.9 Å². The topological polar surface area (TPSA) is 61.8 Å². The average molecular weight is 391 g/mol. The first-order valence-electron chi connectivity index (χ1n) is 7.34. The molecule has 0 bridgehead atoms. The molecule has 1 unspecified atom stereocenters. The Hall–Kier alpha value is -2.34. The van der Waals surface area contributed by atoms with Gasteiger partial charge in [-0.15, -0.1) is 0 Å². The number of methoxy groups -OCH3 is 1. The maximum atomic E-state index is 12.7. The van der Waals surface area contributed by atoms with Gasteiger partial charge in [-0.3, -0.25) is 4.79 Å². The van der Waals surface area contributed by atoms with E-state index in [-0.39, 0.29) is 12.2 Å². The van der Waals surface area contributed by atoms with Crippen LogP contribution in [0.15, 0.2) is 42.5 Å². The minimum atomic E-state index is -0.577. The zero-order valence-corrected chi connectivity index (χ0v) is 14.5. The molecule has 24 heavy (non-hydrogen) atoms. The lowest BCUT2D eigenvalue weighted by Crippen LogP contribution is -2.09. The van der Waals surface area contributed by atoms with Crippen molar-refractivity contribution in [1.82, 2.24) is 0 Å². The second-order valence-electron chi connectivity index (χ2n) is 5.22. The van der Waals surface area contributed by atoms with Crippen LogP contribution < -0.4 is 9.47 Å². The van der Waals surface area contributed by atoms with Crippen LogP contribution in [0.2, 0.25) is 0 Å². The number of esters is 1. The first kappa shape index (κ1) is 16.5. The largest absolute Gasteiger partial charge is 0.496 e. The zero-order chi connectivity index (χ0) is 17.1. The Kier molecular flexibility index (Phi) is 4.85. The quantitative estimate of drug-likeness (QED) is 0.425. The zero-order valence-electron chi connectivity index (χ0n) is 13.0. The number of carbonyl (C=O) groups is 2. The van der Waals surface area contributed by atoms with Gasteiger partial charge in [0.15, 0.2) is 5.78 Å². The number of hydrogen-bond acceptors (Lipinski definition) is 5. The van der Waals surface area contributed by atoms with Crippen LogP contribution in [0.4, 0.5) is 0 Å². The number of hydrogen-bond donors (Lipinski definition) is 0. The molecule has 6 heteroatoms. The lowest BCUT2D eigenvalue weighted by molar-refractivity contribution is 0.0367. The number of alkyl halides is 1. The summed E-state index contributed by atoms with van der Waals surface area (Å²) in [5, 5.41) is 0. The third-order valence-corrected chi connectivity index (χ3v) is 4.07. The van der Waals surface area contributed by atoms with Gasteiger partial charge in [0.05, 0.1) is 24.7 Å². The van der Waals surface area contributed by atoms with Crippen LogP contribution in [-0.2, 0) is 4.74 Å². The minimum Gasteiger partial charge on any atom is -0.496 e. The summed E-state index contributed by atoms with van der Waals surface area (Å²) in [6.07, 6.45) is -0.525. The molecule has 0 radical (unpaired) electrons. The lowest BCUT2D eigenvalue weighted by atomic mass is 9.98. The van der Waals surface area contributed by atoms with Crippen LogP contribution in [0.3, 0.4) is 0 Å². The summed E-state index contributed by atoms with van der Waals surface area (Å²) in [6.45, 7) is 0. The number of rotatable bonds is 6. The maximum absolute atomic E-state index is 12.7. The monoisotopic (exact) mass is 390 g/mol. The summed E-state index contributed by atoms with van der Waals surface area (Å²) >= 11 is 3.18. The molecule has 2 aromatic carbocycles. The number of benzene rings is 2. The van der Waals surface area contributed by atoms with Crippen LogP contribution in [0.1, 0.15) is 38.8 Å². The second kappa shape index (κ2) is 7.05. The first-order chi connectivity index (χ1) is 11.6. The van der Waals surface area contributed by atoms with Crippen molar-refractivity contribution >= 4 is 27.7 Å². The summed E-state index contributed by atoms with van der Waals surface area (Å²) in [5.41, 5.74) is 1.97. The highest BCUT2D eigenvalue weighted by molar-refractivity contribution is 9.09. The lowest BCUT2D eigenvalue weighted by Gasteiger charge is -2.13. The number of carbonyl (C=O) groups excluding carboxylic acids is 2. The van der Waals surface area contributed by atoms with E-state index in [9.17, 15) is 9.59 Å². The summed E-state index contributed by atoms with van der Waals surface area (Å²) in [6, 6.07) is 12.1. The number of cyclic esters (lactones) is 1. The van der Waals surface area contributed by atoms with Gasteiger partial charge in [-0.25, -0.2) is 4.79 Å². The molecule has 3 rings (SSSR count). The molecule has 1 aliphatic rings. The van der Waals surface area contributed by atoms with Gasteiger partial charge in [0.2, 0.25) is 0 Å². The Morgan fingerprint density at radius 3 is 2.79 bits per heavy atom. The van der Waals surface area contributed by atoms with Crippen LogP contribution in [-0.4, -0.2) is 24.4 Å². The molecule has 1 aliphatic heterocycles. The molecular formula is C18H15BrO5. The predicted molar refractivity (Wildman–Crippen MR) is 91.0 cm³/mol. The third-order valence-electron chi connectivity index (χ3n) is 3.84. The van der Waals surface area contributed by atoms with Crippen molar-refractivity contribution in [2.24, 2.45) is 0 Å². The fourth-order valence-corrected chi connectivity index (χ4v) is 2.97. The van der Waals surface area contributed by atoms with Gasteiger partial charge < -0.3 is 14.2 Å². The van der Waals surface area contributed by atoms with Crippen molar-refractivity contribution in [3.63, 3.8) is 0 Å². The average Bonchev–Trinajstić information content (AvgIpc) is 2.91. The molecular weight excluding hydrogens is 376 g/mol. The normalized spacial score (nSPS) is 15.6. The molecule has 0 fully saturated rings. The molecule has 1 heterocycles. The number of fused-ring (bicyclic) bond motifs is 1. The highest BCUT2D eigenvalue weighted by Crippen LogP contribution is 2.35. The van der Waals surface area contributed by atoms with Crippen molar-refractivity contribution in [1.29, 1.82) is 0 Å². The molecule has 124 valence electrons.